The summed E-state index contributed by atoms with van der Waals surface area (Å²) in [7, 11) is 0. The monoisotopic (exact) mass is 222 g/mol. The van der Waals surface area contributed by atoms with Crippen molar-refractivity contribution in [3.8, 4) is 0 Å². The van der Waals surface area contributed by atoms with Gasteiger partial charge in [-0.1, -0.05) is 25.0 Å². The molecule has 2 heteroatoms. The summed E-state index contributed by atoms with van der Waals surface area (Å²) in [5.74, 6) is 0.600. The molecule has 1 aliphatic rings. The topological polar surface area (TPSA) is 26.3 Å². The lowest BCUT2D eigenvalue weighted by Gasteiger charge is -2.12. The van der Waals surface area contributed by atoms with Gasteiger partial charge in [0.25, 0.3) is 6.47 Å². The predicted octanol–water partition coefficient (Wildman–Crippen LogP) is 3.63. The summed E-state index contributed by atoms with van der Waals surface area (Å²) in [6.07, 6.45) is 3.20. The van der Waals surface area contributed by atoms with Crippen LogP contribution in [0.3, 0.4) is 0 Å². The normalized spacial score (nSPS) is 15.9. The first-order chi connectivity index (χ1) is 7.57. The highest BCUT2D eigenvalue weighted by molar-refractivity contribution is 5.44. The minimum Gasteiger partial charge on any atom is -0.468 e. The lowest BCUT2D eigenvalue weighted by atomic mass is 9.95. The summed E-state index contributed by atoms with van der Waals surface area (Å²) in [6, 6.07) is 0. The van der Waals surface area contributed by atoms with E-state index in [4.69, 9.17) is 4.74 Å². The third-order valence-electron chi connectivity index (χ3n) is 3.23. The van der Waals surface area contributed by atoms with Crippen LogP contribution in [0, 0.1) is 5.92 Å². The van der Waals surface area contributed by atoms with Crippen LogP contribution in [0.25, 0.3) is 0 Å². The molecule has 0 bridgehead atoms. The van der Waals surface area contributed by atoms with Crippen molar-refractivity contribution >= 4 is 6.47 Å². The van der Waals surface area contributed by atoms with Gasteiger partial charge in [0.2, 0.25) is 0 Å². The maximum atomic E-state index is 10.2. The van der Waals surface area contributed by atoms with Gasteiger partial charge >= 0.3 is 0 Å². The maximum absolute atomic E-state index is 10.2. The number of ether oxygens (including phenoxy) is 1. The molecule has 0 amide bonds. The van der Waals surface area contributed by atoms with E-state index in [1.165, 1.54) is 23.1 Å². The van der Waals surface area contributed by atoms with Crippen molar-refractivity contribution in [1.29, 1.82) is 0 Å². The number of hydrogen-bond acceptors (Lipinski definition) is 2. The zero-order chi connectivity index (χ0) is 12.1. The molecule has 2 nitrogen and oxygen atoms in total. The summed E-state index contributed by atoms with van der Waals surface area (Å²) in [6.45, 7) is 9.85. The van der Waals surface area contributed by atoms with Gasteiger partial charge in [-0.25, -0.2) is 0 Å². The highest BCUT2D eigenvalue weighted by atomic mass is 16.5. The van der Waals surface area contributed by atoms with Crippen molar-refractivity contribution in [1.82, 2.24) is 0 Å². The Morgan fingerprint density at radius 3 is 2.56 bits per heavy atom. The van der Waals surface area contributed by atoms with Crippen LogP contribution in [-0.2, 0) is 9.53 Å². The van der Waals surface area contributed by atoms with Crippen LogP contribution in [-0.4, -0.2) is 13.1 Å². The Bertz CT molecular complexity index is 318. The van der Waals surface area contributed by atoms with Crippen molar-refractivity contribution in [3.63, 3.8) is 0 Å². The van der Waals surface area contributed by atoms with Crippen LogP contribution >= 0.6 is 0 Å². The van der Waals surface area contributed by atoms with Gasteiger partial charge in [0, 0.05) is 6.42 Å². The maximum Gasteiger partial charge on any atom is 0.293 e. The molecule has 0 spiro atoms. The van der Waals surface area contributed by atoms with Gasteiger partial charge in [-0.3, -0.25) is 4.79 Å². The van der Waals surface area contributed by atoms with Gasteiger partial charge in [-0.05, 0) is 43.8 Å². The van der Waals surface area contributed by atoms with Crippen LogP contribution < -0.4 is 0 Å². The molecule has 0 aromatic heterocycles. The van der Waals surface area contributed by atoms with Gasteiger partial charge in [0.05, 0.1) is 6.61 Å². The van der Waals surface area contributed by atoms with Gasteiger partial charge in [-0.15, -0.1) is 0 Å². The molecule has 0 unspecified atom stereocenters. The van der Waals surface area contributed by atoms with E-state index in [-0.39, 0.29) is 0 Å². The first-order valence-corrected chi connectivity index (χ1v) is 6.01. The zero-order valence-electron chi connectivity index (χ0n) is 10.8. The van der Waals surface area contributed by atoms with Crippen LogP contribution in [0.2, 0.25) is 0 Å². The molecule has 0 aliphatic heterocycles. The first-order valence-electron chi connectivity index (χ1n) is 6.01. The molecule has 0 saturated carbocycles. The number of carbonyl (C=O) groups excluding carboxylic acids is 1. The van der Waals surface area contributed by atoms with Crippen molar-refractivity contribution in [2.45, 2.75) is 47.0 Å². The molecule has 0 saturated heterocycles. The van der Waals surface area contributed by atoms with Crippen LogP contribution in [0.15, 0.2) is 22.3 Å². The molecule has 0 aromatic rings. The largest absolute Gasteiger partial charge is 0.468 e. The lowest BCUT2D eigenvalue weighted by Crippen LogP contribution is -2.00. The quantitative estimate of drug-likeness (QED) is 0.524. The van der Waals surface area contributed by atoms with E-state index in [0.717, 1.165) is 12.8 Å². The van der Waals surface area contributed by atoms with Gasteiger partial charge in [-0.2, -0.15) is 0 Å². The van der Waals surface area contributed by atoms with Crippen molar-refractivity contribution in [2.75, 3.05) is 6.61 Å². The summed E-state index contributed by atoms with van der Waals surface area (Å²) >= 11 is 0. The van der Waals surface area contributed by atoms with Crippen molar-refractivity contribution in [3.05, 3.63) is 22.3 Å². The fourth-order valence-electron chi connectivity index (χ4n) is 2.46. The summed E-state index contributed by atoms with van der Waals surface area (Å²) < 4.78 is 4.81. The van der Waals surface area contributed by atoms with E-state index in [9.17, 15) is 4.79 Å². The third-order valence-corrected chi connectivity index (χ3v) is 3.23. The lowest BCUT2D eigenvalue weighted by molar-refractivity contribution is -0.128. The molecule has 0 fully saturated rings. The Balaban J connectivity index is 2.87. The number of rotatable bonds is 5. The SMILES string of the molecule is CC(C)=C1CCC(C(C)C)=C1CCOC=O. The van der Waals surface area contributed by atoms with Gasteiger partial charge < -0.3 is 4.74 Å². The summed E-state index contributed by atoms with van der Waals surface area (Å²) in [5.41, 5.74) is 5.87. The highest BCUT2D eigenvalue weighted by Gasteiger charge is 2.22. The molecule has 16 heavy (non-hydrogen) atoms. The molecular formula is C14H22O2. The first kappa shape index (κ1) is 13.0. The van der Waals surface area contributed by atoms with E-state index in [1.54, 1.807) is 5.57 Å². The summed E-state index contributed by atoms with van der Waals surface area (Å²) in [4.78, 5) is 10.2. The number of allylic oxidation sites excluding steroid dienone is 3. The van der Waals surface area contributed by atoms with Crippen molar-refractivity contribution < 1.29 is 9.53 Å². The Morgan fingerprint density at radius 2 is 2.06 bits per heavy atom. The van der Waals surface area contributed by atoms with Crippen LogP contribution in [0.4, 0.5) is 0 Å². The average molecular weight is 222 g/mol. The number of carbonyl (C=O) groups is 1. The molecule has 0 atom stereocenters. The number of hydrogen-bond donors (Lipinski definition) is 0. The predicted molar refractivity (Wildman–Crippen MR) is 66.1 cm³/mol. The minimum absolute atomic E-state index is 0.506. The van der Waals surface area contributed by atoms with E-state index >= 15 is 0 Å². The Morgan fingerprint density at radius 1 is 1.38 bits per heavy atom. The molecule has 90 valence electrons. The molecule has 0 N–H and O–H groups in total. The van der Waals surface area contributed by atoms with Crippen molar-refractivity contribution in [2.24, 2.45) is 5.92 Å². The Labute approximate surface area is 98.4 Å². The third kappa shape index (κ3) is 2.97. The fourth-order valence-corrected chi connectivity index (χ4v) is 2.46. The molecule has 0 radical (unpaired) electrons. The van der Waals surface area contributed by atoms with Gasteiger partial charge in [0.15, 0.2) is 0 Å². The standard InChI is InChI=1S/C14H22O2/c1-10(2)12-5-6-13(11(3)4)14(12)7-8-16-9-15/h9-10H,5-8H2,1-4H3. The Hall–Kier alpha value is -1.05. The Kier molecular flexibility index (Phi) is 4.78. The zero-order valence-corrected chi connectivity index (χ0v) is 10.8. The highest BCUT2D eigenvalue weighted by Crippen LogP contribution is 2.38. The minimum atomic E-state index is 0.506. The molecule has 0 aromatic carbocycles. The van der Waals surface area contributed by atoms with E-state index in [2.05, 4.69) is 27.7 Å². The second kappa shape index (κ2) is 5.88. The second-order valence-electron chi connectivity index (χ2n) is 4.85. The van der Waals surface area contributed by atoms with Gasteiger partial charge in [0.1, 0.15) is 0 Å². The molecule has 0 heterocycles. The van der Waals surface area contributed by atoms with Crippen LogP contribution in [0.1, 0.15) is 47.0 Å². The van der Waals surface area contributed by atoms with E-state index in [0.29, 0.717) is 19.0 Å². The fraction of sp³-hybridized carbons (Fsp3) is 0.643. The van der Waals surface area contributed by atoms with Crippen LogP contribution in [0.5, 0.6) is 0 Å². The molecular weight excluding hydrogens is 200 g/mol. The molecule has 1 aliphatic carbocycles. The van der Waals surface area contributed by atoms with E-state index in [1.807, 2.05) is 0 Å². The average Bonchev–Trinajstić information content (AvgIpc) is 2.62. The summed E-state index contributed by atoms with van der Waals surface area (Å²) in [5, 5.41) is 0. The smallest absolute Gasteiger partial charge is 0.293 e. The molecule has 1 rings (SSSR count). The second-order valence-corrected chi connectivity index (χ2v) is 4.85. The van der Waals surface area contributed by atoms with E-state index < -0.39 is 0 Å².